The van der Waals surface area contributed by atoms with E-state index in [9.17, 15) is 9.59 Å². The molecular weight excluding hydrogens is 270 g/mol. The molecular formula is C14H27N5O2. The van der Waals surface area contributed by atoms with Gasteiger partial charge in [0.1, 0.15) is 5.71 Å². The number of hydrogen-bond donors (Lipinski definition) is 2. The van der Waals surface area contributed by atoms with Crippen molar-refractivity contribution in [3.05, 3.63) is 0 Å². The molecule has 0 fully saturated rings. The molecule has 7 nitrogen and oxygen atoms in total. The molecule has 0 saturated heterocycles. The SMILES string of the molecule is CCC(C)NN(CCN(CC)CC)C(=O)C1=NNC(=O)C1. The lowest BCUT2D eigenvalue weighted by molar-refractivity contribution is -0.128. The van der Waals surface area contributed by atoms with Crippen molar-refractivity contribution in [1.82, 2.24) is 20.8 Å². The van der Waals surface area contributed by atoms with Crippen molar-refractivity contribution in [1.29, 1.82) is 0 Å². The topological polar surface area (TPSA) is 77.0 Å². The van der Waals surface area contributed by atoms with Crippen LogP contribution in [0.1, 0.15) is 40.5 Å². The van der Waals surface area contributed by atoms with Crippen LogP contribution in [0, 0.1) is 0 Å². The third kappa shape index (κ3) is 5.43. The molecule has 1 rings (SSSR count). The Kier molecular flexibility index (Phi) is 7.31. The van der Waals surface area contributed by atoms with E-state index in [0.717, 1.165) is 26.1 Å². The number of rotatable bonds is 9. The van der Waals surface area contributed by atoms with E-state index in [-0.39, 0.29) is 30.0 Å². The van der Waals surface area contributed by atoms with E-state index in [4.69, 9.17) is 0 Å². The lowest BCUT2D eigenvalue weighted by Crippen LogP contribution is -2.52. The summed E-state index contributed by atoms with van der Waals surface area (Å²) in [5.74, 6) is -0.452. The molecule has 0 aromatic rings. The van der Waals surface area contributed by atoms with Crippen LogP contribution >= 0.6 is 0 Å². The number of nitrogens with one attached hydrogen (secondary N) is 2. The van der Waals surface area contributed by atoms with Gasteiger partial charge in [0, 0.05) is 12.6 Å². The average Bonchev–Trinajstić information content (AvgIpc) is 2.92. The third-order valence-corrected chi connectivity index (χ3v) is 3.66. The van der Waals surface area contributed by atoms with Gasteiger partial charge in [-0.3, -0.25) is 14.6 Å². The van der Waals surface area contributed by atoms with Crippen molar-refractivity contribution >= 4 is 17.5 Å². The minimum Gasteiger partial charge on any atom is -0.302 e. The van der Waals surface area contributed by atoms with Crippen molar-refractivity contribution in [2.24, 2.45) is 5.10 Å². The van der Waals surface area contributed by atoms with Crippen LogP contribution in [0.2, 0.25) is 0 Å². The molecule has 0 bridgehead atoms. The van der Waals surface area contributed by atoms with E-state index in [0.29, 0.717) is 6.54 Å². The summed E-state index contributed by atoms with van der Waals surface area (Å²) in [6, 6.07) is 0.191. The molecule has 21 heavy (non-hydrogen) atoms. The second-order valence-electron chi connectivity index (χ2n) is 5.19. The van der Waals surface area contributed by atoms with Gasteiger partial charge in [-0.25, -0.2) is 10.9 Å². The van der Waals surface area contributed by atoms with Gasteiger partial charge in [-0.15, -0.1) is 0 Å². The third-order valence-electron chi connectivity index (χ3n) is 3.66. The summed E-state index contributed by atoms with van der Waals surface area (Å²) in [4.78, 5) is 25.9. The molecule has 120 valence electrons. The molecule has 0 aromatic heterocycles. The molecule has 2 amide bonds. The highest BCUT2D eigenvalue weighted by Gasteiger charge is 2.27. The number of hydrazone groups is 1. The lowest BCUT2D eigenvalue weighted by Gasteiger charge is -2.29. The standard InChI is InChI=1S/C14H27N5O2/c1-5-11(4)17-19(9-8-18(6-2)7-3)14(21)12-10-13(20)16-15-12/h11,17H,5-10H2,1-4H3,(H,16,20). The fourth-order valence-electron chi connectivity index (χ4n) is 2.00. The molecule has 0 spiro atoms. The van der Waals surface area contributed by atoms with Crippen LogP contribution in [0.25, 0.3) is 0 Å². The zero-order valence-corrected chi connectivity index (χ0v) is 13.5. The monoisotopic (exact) mass is 297 g/mol. The smallest absolute Gasteiger partial charge is 0.284 e. The predicted octanol–water partition coefficient (Wildman–Crippen LogP) is 0.336. The van der Waals surface area contributed by atoms with Crippen LogP contribution < -0.4 is 10.9 Å². The minimum atomic E-state index is -0.231. The summed E-state index contributed by atoms with van der Waals surface area (Å²) in [6.07, 6.45) is 0.974. The van der Waals surface area contributed by atoms with Crippen LogP contribution in [-0.2, 0) is 9.59 Å². The van der Waals surface area contributed by atoms with Gasteiger partial charge in [-0.2, -0.15) is 5.10 Å². The van der Waals surface area contributed by atoms with Crippen molar-refractivity contribution in [3.8, 4) is 0 Å². The molecule has 1 aliphatic heterocycles. The van der Waals surface area contributed by atoms with Gasteiger partial charge in [0.15, 0.2) is 0 Å². The predicted molar refractivity (Wildman–Crippen MR) is 82.6 cm³/mol. The number of nitrogens with zero attached hydrogens (tertiary/aromatic N) is 3. The highest BCUT2D eigenvalue weighted by Crippen LogP contribution is 2.02. The zero-order valence-electron chi connectivity index (χ0n) is 13.5. The van der Waals surface area contributed by atoms with E-state index in [1.165, 1.54) is 0 Å². The van der Waals surface area contributed by atoms with E-state index in [1.807, 2.05) is 6.92 Å². The molecule has 1 atom stereocenters. The molecule has 0 aromatic carbocycles. The Labute approximate surface area is 126 Å². The first-order chi connectivity index (χ1) is 10.0. The number of carbonyl (C=O) groups excluding carboxylic acids is 2. The molecule has 1 heterocycles. The van der Waals surface area contributed by atoms with E-state index >= 15 is 0 Å². The Morgan fingerprint density at radius 2 is 2.00 bits per heavy atom. The van der Waals surface area contributed by atoms with Gasteiger partial charge in [0.25, 0.3) is 5.91 Å². The number of amides is 2. The highest BCUT2D eigenvalue weighted by molar-refractivity contribution is 6.42. The zero-order chi connectivity index (χ0) is 15.8. The van der Waals surface area contributed by atoms with Gasteiger partial charge < -0.3 is 4.90 Å². The summed E-state index contributed by atoms with van der Waals surface area (Å²) in [5.41, 5.74) is 5.80. The van der Waals surface area contributed by atoms with Gasteiger partial charge in [-0.1, -0.05) is 20.8 Å². The molecule has 0 aliphatic carbocycles. The van der Waals surface area contributed by atoms with Crippen LogP contribution in [0.5, 0.6) is 0 Å². The molecule has 2 N–H and O–H groups in total. The summed E-state index contributed by atoms with van der Waals surface area (Å²) >= 11 is 0. The first kappa shape index (κ1) is 17.6. The van der Waals surface area contributed by atoms with Gasteiger partial charge in [0.05, 0.1) is 13.0 Å². The first-order valence-corrected chi connectivity index (χ1v) is 7.67. The molecule has 0 radical (unpaired) electrons. The quantitative estimate of drug-likeness (QED) is 0.602. The maximum absolute atomic E-state index is 12.5. The lowest BCUT2D eigenvalue weighted by atomic mass is 10.2. The Balaban J connectivity index is 2.67. The summed E-state index contributed by atoms with van der Waals surface area (Å²) in [6.45, 7) is 11.5. The fourth-order valence-corrected chi connectivity index (χ4v) is 2.00. The Morgan fingerprint density at radius 3 is 2.48 bits per heavy atom. The van der Waals surface area contributed by atoms with Crippen LogP contribution in [0.15, 0.2) is 5.10 Å². The number of likely N-dealkylation sites (N-methyl/N-ethyl adjacent to an activating group) is 1. The van der Waals surface area contributed by atoms with Crippen molar-refractivity contribution in [3.63, 3.8) is 0 Å². The number of hydrogen-bond acceptors (Lipinski definition) is 5. The second kappa shape index (κ2) is 8.74. The Bertz CT molecular complexity index is 393. The molecule has 1 unspecified atom stereocenters. The second-order valence-corrected chi connectivity index (χ2v) is 5.19. The molecule has 1 aliphatic rings. The van der Waals surface area contributed by atoms with Crippen LogP contribution in [-0.4, -0.2) is 59.7 Å². The normalized spacial score (nSPS) is 15.9. The van der Waals surface area contributed by atoms with Crippen molar-refractivity contribution in [2.45, 2.75) is 46.6 Å². The van der Waals surface area contributed by atoms with E-state index in [1.54, 1.807) is 5.01 Å². The fraction of sp³-hybridized carbons (Fsp3) is 0.786. The largest absolute Gasteiger partial charge is 0.302 e. The maximum Gasteiger partial charge on any atom is 0.284 e. The van der Waals surface area contributed by atoms with Gasteiger partial charge in [0.2, 0.25) is 5.91 Å². The number of hydrazine groups is 1. The summed E-state index contributed by atoms with van der Waals surface area (Å²) in [7, 11) is 0. The number of carbonyl (C=O) groups is 2. The highest BCUT2D eigenvalue weighted by atomic mass is 16.2. The average molecular weight is 297 g/mol. The Morgan fingerprint density at radius 1 is 1.33 bits per heavy atom. The molecule has 0 saturated carbocycles. The molecule has 7 heteroatoms. The van der Waals surface area contributed by atoms with E-state index < -0.39 is 0 Å². The van der Waals surface area contributed by atoms with Crippen LogP contribution in [0.3, 0.4) is 0 Å². The first-order valence-electron chi connectivity index (χ1n) is 7.67. The van der Waals surface area contributed by atoms with Crippen LogP contribution in [0.4, 0.5) is 0 Å². The maximum atomic E-state index is 12.5. The van der Waals surface area contributed by atoms with Crippen molar-refractivity contribution < 1.29 is 9.59 Å². The minimum absolute atomic E-state index is 0.0583. The van der Waals surface area contributed by atoms with Crippen molar-refractivity contribution in [2.75, 3.05) is 26.2 Å². The summed E-state index contributed by atoms with van der Waals surface area (Å²) in [5, 5.41) is 5.40. The van der Waals surface area contributed by atoms with Gasteiger partial charge >= 0.3 is 0 Å². The summed E-state index contributed by atoms with van der Waals surface area (Å²) < 4.78 is 0. The van der Waals surface area contributed by atoms with E-state index in [2.05, 4.69) is 41.6 Å². The van der Waals surface area contributed by atoms with Gasteiger partial charge in [-0.05, 0) is 26.4 Å². The Hall–Kier alpha value is -1.47.